The summed E-state index contributed by atoms with van der Waals surface area (Å²) in [6.07, 6.45) is 3.88. The number of hydrogen-bond acceptors (Lipinski definition) is 3. The highest BCUT2D eigenvalue weighted by Crippen LogP contribution is 2.37. The van der Waals surface area contributed by atoms with E-state index in [2.05, 4.69) is 32.6 Å². The zero-order valence-corrected chi connectivity index (χ0v) is 12.3. The molecule has 0 aromatic carbocycles. The molecular formula is C14H30N2O. The molecule has 0 aromatic heterocycles. The maximum Gasteiger partial charge on any atom is 0.0785 e. The number of ether oxygens (including phenoxy) is 1. The topological polar surface area (TPSA) is 38.5 Å². The van der Waals surface area contributed by atoms with Gasteiger partial charge in [-0.15, -0.1) is 0 Å². The molecular weight excluding hydrogens is 212 g/mol. The van der Waals surface area contributed by atoms with Gasteiger partial charge < -0.3 is 15.4 Å². The predicted molar refractivity (Wildman–Crippen MR) is 73.1 cm³/mol. The van der Waals surface area contributed by atoms with E-state index in [9.17, 15) is 0 Å². The molecule has 0 amide bonds. The SMILES string of the molecule is CCC1(CC)CCN(CC(N)C(C)(C)OC)C1. The Morgan fingerprint density at radius 2 is 1.94 bits per heavy atom. The van der Waals surface area contributed by atoms with Gasteiger partial charge in [-0.3, -0.25) is 0 Å². The fourth-order valence-corrected chi connectivity index (χ4v) is 2.66. The molecule has 0 bridgehead atoms. The van der Waals surface area contributed by atoms with Crippen LogP contribution in [-0.4, -0.2) is 43.3 Å². The highest BCUT2D eigenvalue weighted by Gasteiger charge is 2.37. The van der Waals surface area contributed by atoms with Crippen molar-refractivity contribution in [2.24, 2.45) is 11.1 Å². The molecule has 1 saturated heterocycles. The van der Waals surface area contributed by atoms with Crippen molar-refractivity contribution in [1.82, 2.24) is 4.90 Å². The van der Waals surface area contributed by atoms with Gasteiger partial charge in [0.2, 0.25) is 0 Å². The molecule has 102 valence electrons. The summed E-state index contributed by atoms with van der Waals surface area (Å²) in [4.78, 5) is 2.51. The van der Waals surface area contributed by atoms with E-state index >= 15 is 0 Å². The first-order valence-corrected chi connectivity index (χ1v) is 6.92. The van der Waals surface area contributed by atoms with Crippen LogP contribution in [0.4, 0.5) is 0 Å². The molecule has 1 atom stereocenters. The molecule has 3 heteroatoms. The van der Waals surface area contributed by atoms with Crippen LogP contribution in [0.1, 0.15) is 47.0 Å². The number of rotatable bonds is 6. The molecule has 1 heterocycles. The first kappa shape index (κ1) is 14.9. The molecule has 1 aliphatic heterocycles. The molecule has 0 aromatic rings. The van der Waals surface area contributed by atoms with Gasteiger partial charge in [-0.05, 0) is 45.1 Å². The lowest BCUT2D eigenvalue weighted by Gasteiger charge is -2.34. The van der Waals surface area contributed by atoms with Crippen molar-refractivity contribution in [2.75, 3.05) is 26.7 Å². The number of hydrogen-bond donors (Lipinski definition) is 1. The number of methoxy groups -OCH3 is 1. The monoisotopic (exact) mass is 242 g/mol. The Labute approximate surface area is 107 Å². The summed E-state index contributed by atoms with van der Waals surface area (Å²) >= 11 is 0. The average molecular weight is 242 g/mol. The van der Waals surface area contributed by atoms with Crippen LogP contribution in [0.2, 0.25) is 0 Å². The van der Waals surface area contributed by atoms with Gasteiger partial charge in [-0.25, -0.2) is 0 Å². The fraction of sp³-hybridized carbons (Fsp3) is 1.00. The van der Waals surface area contributed by atoms with Crippen molar-refractivity contribution in [3.8, 4) is 0 Å². The van der Waals surface area contributed by atoms with Crippen LogP contribution in [-0.2, 0) is 4.74 Å². The van der Waals surface area contributed by atoms with E-state index < -0.39 is 0 Å². The van der Waals surface area contributed by atoms with Gasteiger partial charge in [-0.2, -0.15) is 0 Å². The summed E-state index contributed by atoms with van der Waals surface area (Å²) < 4.78 is 5.46. The van der Waals surface area contributed by atoms with Crippen molar-refractivity contribution >= 4 is 0 Å². The summed E-state index contributed by atoms with van der Waals surface area (Å²) in [7, 11) is 1.74. The van der Waals surface area contributed by atoms with Gasteiger partial charge >= 0.3 is 0 Å². The average Bonchev–Trinajstić information content (AvgIpc) is 2.73. The second-order valence-corrected chi connectivity index (χ2v) is 6.11. The Hall–Kier alpha value is -0.120. The molecule has 1 rings (SSSR count). The van der Waals surface area contributed by atoms with E-state index in [4.69, 9.17) is 10.5 Å². The number of nitrogens with two attached hydrogens (primary N) is 1. The molecule has 1 fully saturated rings. The maximum atomic E-state index is 6.25. The quantitative estimate of drug-likeness (QED) is 0.776. The Morgan fingerprint density at radius 1 is 1.35 bits per heavy atom. The predicted octanol–water partition coefficient (Wildman–Crippen LogP) is 2.25. The van der Waals surface area contributed by atoms with Crippen LogP contribution >= 0.6 is 0 Å². The lowest BCUT2D eigenvalue weighted by molar-refractivity contribution is -0.00767. The van der Waals surface area contributed by atoms with Crippen LogP contribution in [0.25, 0.3) is 0 Å². The van der Waals surface area contributed by atoms with E-state index in [0.717, 1.165) is 6.54 Å². The van der Waals surface area contributed by atoms with Crippen molar-refractivity contribution < 1.29 is 4.74 Å². The van der Waals surface area contributed by atoms with E-state index in [1.165, 1.54) is 32.4 Å². The first-order chi connectivity index (χ1) is 7.89. The second-order valence-electron chi connectivity index (χ2n) is 6.11. The Balaban J connectivity index is 2.50. The fourth-order valence-electron chi connectivity index (χ4n) is 2.66. The van der Waals surface area contributed by atoms with E-state index in [0.29, 0.717) is 5.41 Å². The Morgan fingerprint density at radius 3 is 2.35 bits per heavy atom. The van der Waals surface area contributed by atoms with Gasteiger partial charge in [0, 0.05) is 26.2 Å². The third kappa shape index (κ3) is 3.43. The molecule has 0 saturated carbocycles. The van der Waals surface area contributed by atoms with Crippen LogP contribution in [0, 0.1) is 5.41 Å². The van der Waals surface area contributed by atoms with Crippen LogP contribution in [0.3, 0.4) is 0 Å². The van der Waals surface area contributed by atoms with Crippen LogP contribution < -0.4 is 5.73 Å². The molecule has 1 aliphatic rings. The smallest absolute Gasteiger partial charge is 0.0785 e. The van der Waals surface area contributed by atoms with Gasteiger partial charge in [0.25, 0.3) is 0 Å². The normalized spacial score (nSPS) is 22.9. The highest BCUT2D eigenvalue weighted by molar-refractivity contribution is 4.92. The molecule has 1 unspecified atom stereocenters. The van der Waals surface area contributed by atoms with Crippen molar-refractivity contribution in [3.63, 3.8) is 0 Å². The van der Waals surface area contributed by atoms with Crippen molar-refractivity contribution in [3.05, 3.63) is 0 Å². The molecule has 0 spiro atoms. The molecule has 0 aliphatic carbocycles. The lowest BCUT2D eigenvalue weighted by atomic mass is 9.82. The Kier molecular flexibility index (Phi) is 4.99. The zero-order chi connectivity index (χ0) is 13.1. The van der Waals surface area contributed by atoms with E-state index in [-0.39, 0.29) is 11.6 Å². The summed E-state index contributed by atoms with van der Waals surface area (Å²) in [6, 6.07) is 0.0806. The van der Waals surface area contributed by atoms with Crippen molar-refractivity contribution in [1.29, 1.82) is 0 Å². The third-order valence-electron chi connectivity index (χ3n) is 4.89. The van der Waals surface area contributed by atoms with Gasteiger partial charge in [-0.1, -0.05) is 13.8 Å². The largest absolute Gasteiger partial charge is 0.377 e. The summed E-state index contributed by atoms with van der Waals surface area (Å²) in [5, 5.41) is 0. The van der Waals surface area contributed by atoms with Gasteiger partial charge in [0.1, 0.15) is 0 Å². The highest BCUT2D eigenvalue weighted by atomic mass is 16.5. The number of nitrogens with zero attached hydrogens (tertiary/aromatic N) is 1. The minimum Gasteiger partial charge on any atom is -0.377 e. The maximum absolute atomic E-state index is 6.25. The minimum atomic E-state index is -0.232. The standard InChI is InChI=1S/C14H30N2O/c1-6-14(7-2)8-9-16(11-14)10-12(15)13(3,4)17-5/h12H,6-11,15H2,1-5H3. The first-order valence-electron chi connectivity index (χ1n) is 6.92. The number of likely N-dealkylation sites (tertiary alicyclic amines) is 1. The molecule has 2 N–H and O–H groups in total. The van der Waals surface area contributed by atoms with E-state index in [1.54, 1.807) is 7.11 Å². The van der Waals surface area contributed by atoms with Crippen molar-refractivity contribution in [2.45, 2.75) is 58.6 Å². The lowest BCUT2D eigenvalue weighted by Crippen LogP contribution is -2.51. The zero-order valence-electron chi connectivity index (χ0n) is 12.3. The van der Waals surface area contributed by atoms with Gasteiger partial charge in [0.05, 0.1) is 5.60 Å². The summed E-state index contributed by atoms with van der Waals surface area (Å²) in [6.45, 7) is 12.1. The van der Waals surface area contributed by atoms with Crippen LogP contribution in [0.5, 0.6) is 0 Å². The van der Waals surface area contributed by atoms with Crippen LogP contribution in [0.15, 0.2) is 0 Å². The molecule has 3 nitrogen and oxygen atoms in total. The van der Waals surface area contributed by atoms with E-state index in [1.807, 2.05) is 0 Å². The van der Waals surface area contributed by atoms with Gasteiger partial charge in [0.15, 0.2) is 0 Å². The Bertz CT molecular complexity index is 236. The minimum absolute atomic E-state index is 0.0806. The summed E-state index contributed by atoms with van der Waals surface area (Å²) in [5.74, 6) is 0. The summed E-state index contributed by atoms with van der Waals surface area (Å²) in [5.41, 5.74) is 6.55. The third-order valence-corrected chi connectivity index (χ3v) is 4.89. The second kappa shape index (κ2) is 5.68. The molecule has 17 heavy (non-hydrogen) atoms. The molecule has 0 radical (unpaired) electrons.